The van der Waals surface area contributed by atoms with Crippen LogP contribution in [-0.2, 0) is 6.54 Å². The number of benzene rings is 1. The molecule has 0 amide bonds. The predicted octanol–water partition coefficient (Wildman–Crippen LogP) is 3.36. The van der Waals surface area contributed by atoms with Crippen molar-refractivity contribution in [3.8, 4) is 0 Å². The summed E-state index contributed by atoms with van der Waals surface area (Å²) in [4.78, 5) is 9.36. The summed E-state index contributed by atoms with van der Waals surface area (Å²) in [5, 5.41) is 7.81. The highest BCUT2D eigenvalue weighted by Crippen LogP contribution is 2.41. The first-order valence-electron chi connectivity index (χ1n) is 10.8. The second-order valence-corrected chi connectivity index (χ2v) is 8.65. The second kappa shape index (κ2) is 8.57. The minimum absolute atomic E-state index is 0.495. The molecule has 1 aliphatic heterocycles. The Morgan fingerprint density at radius 2 is 1.93 bits per heavy atom. The average molecular weight is 396 g/mol. The Balaban J connectivity index is 1.26. The largest absolute Gasteiger partial charge is 0.361 e. The van der Waals surface area contributed by atoms with E-state index in [1.165, 1.54) is 17.5 Å². The van der Waals surface area contributed by atoms with Gasteiger partial charge in [0.15, 0.2) is 5.96 Å². The molecule has 1 saturated heterocycles. The van der Waals surface area contributed by atoms with Crippen LogP contribution in [0, 0.1) is 6.92 Å². The van der Waals surface area contributed by atoms with Gasteiger partial charge in [-0.25, -0.2) is 0 Å². The van der Waals surface area contributed by atoms with Crippen LogP contribution < -0.4 is 5.32 Å². The Hall–Kier alpha value is -2.34. The molecule has 0 radical (unpaired) electrons. The molecule has 156 valence electrons. The minimum atomic E-state index is 0.495. The lowest BCUT2D eigenvalue weighted by Crippen LogP contribution is -2.52. The Morgan fingerprint density at radius 1 is 1.21 bits per heavy atom. The first-order chi connectivity index (χ1) is 14.0. The van der Waals surface area contributed by atoms with Gasteiger partial charge >= 0.3 is 0 Å². The lowest BCUT2D eigenvalue weighted by atomic mass is 10.0. The number of aliphatic imine (C=N–C) groups is 1. The van der Waals surface area contributed by atoms with Crippen LogP contribution in [0.4, 0.5) is 0 Å². The van der Waals surface area contributed by atoms with E-state index in [0.29, 0.717) is 17.9 Å². The van der Waals surface area contributed by atoms with Crippen LogP contribution in [0.5, 0.6) is 0 Å². The van der Waals surface area contributed by atoms with Gasteiger partial charge in [-0.1, -0.05) is 43.3 Å². The van der Waals surface area contributed by atoms with Gasteiger partial charge in [0, 0.05) is 57.8 Å². The third-order valence-corrected chi connectivity index (χ3v) is 6.08. The Bertz CT molecular complexity index is 833. The van der Waals surface area contributed by atoms with Crippen LogP contribution in [0.2, 0.25) is 0 Å². The van der Waals surface area contributed by atoms with Crippen molar-refractivity contribution in [2.24, 2.45) is 4.99 Å². The number of aromatic nitrogens is 1. The van der Waals surface area contributed by atoms with Gasteiger partial charge in [0.2, 0.25) is 0 Å². The van der Waals surface area contributed by atoms with Crippen molar-refractivity contribution in [2.45, 2.75) is 51.6 Å². The lowest BCUT2D eigenvalue weighted by Gasteiger charge is -2.36. The topological polar surface area (TPSA) is 56.9 Å². The molecule has 0 bridgehead atoms. The van der Waals surface area contributed by atoms with Gasteiger partial charge in [0.05, 0.1) is 5.69 Å². The molecule has 1 saturated carbocycles. The van der Waals surface area contributed by atoms with Crippen LogP contribution in [-0.4, -0.2) is 60.2 Å². The van der Waals surface area contributed by atoms with Gasteiger partial charge < -0.3 is 14.7 Å². The molecule has 2 heterocycles. The average Bonchev–Trinajstić information content (AvgIpc) is 3.39. The molecule has 2 atom stereocenters. The van der Waals surface area contributed by atoms with Gasteiger partial charge in [0.25, 0.3) is 0 Å². The van der Waals surface area contributed by atoms with E-state index < -0.39 is 0 Å². The maximum atomic E-state index is 5.18. The van der Waals surface area contributed by atoms with E-state index in [4.69, 9.17) is 4.52 Å². The van der Waals surface area contributed by atoms with E-state index in [1.54, 1.807) is 0 Å². The first-order valence-corrected chi connectivity index (χ1v) is 10.8. The first kappa shape index (κ1) is 20.0. The summed E-state index contributed by atoms with van der Waals surface area (Å²) in [7, 11) is 1.89. The van der Waals surface area contributed by atoms with Gasteiger partial charge in [0.1, 0.15) is 5.76 Å². The number of rotatable bonds is 5. The molecule has 1 aliphatic carbocycles. The van der Waals surface area contributed by atoms with E-state index >= 15 is 0 Å². The Labute approximate surface area is 174 Å². The van der Waals surface area contributed by atoms with Crippen LogP contribution in [0.25, 0.3) is 0 Å². The summed E-state index contributed by atoms with van der Waals surface area (Å²) in [6.45, 7) is 11.3. The summed E-state index contributed by atoms with van der Waals surface area (Å²) >= 11 is 0. The highest BCUT2D eigenvalue weighted by Gasteiger charge is 2.39. The molecule has 2 unspecified atom stereocenters. The Morgan fingerprint density at radius 3 is 2.52 bits per heavy atom. The molecule has 29 heavy (non-hydrogen) atoms. The number of guanidine groups is 1. The molecule has 0 spiro atoms. The van der Waals surface area contributed by atoms with Gasteiger partial charge in [-0.05, 0) is 30.4 Å². The molecule has 2 fully saturated rings. The van der Waals surface area contributed by atoms with Gasteiger partial charge in [-0.2, -0.15) is 0 Å². The SMILES string of the molecule is CN=C(NC1CC1c1ccc(C(C)C)cc1)N1CCN(Cc2cc(C)on2)CC1. The van der Waals surface area contributed by atoms with Crippen molar-refractivity contribution < 1.29 is 4.52 Å². The van der Waals surface area contributed by atoms with E-state index in [9.17, 15) is 0 Å². The summed E-state index contributed by atoms with van der Waals surface area (Å²) in [5.74, 6) is 3.10. The van der Waals surface area contributed by atoms with Crippen LogP contribution in [0.1, 0.15) is 54.7 Å². The standard InChI is InChI=1S/C23H33N5O/c1-16(2)18-5-7-19(8-6-18)21-14-22(21)25-23(24-4)28-11-9-27(10-12-28)15-20-13-17(3)29-26-20/h5-8,13,16,21-22H,9-12,14-15H2,1-4H3,(H,24,25). The van der Waals surface area contributed by atoms with Crippen molar-refractivity contribution in [1.29, 1.82) is 0 Å². The van der Waals surface area contributed by atoms with Crippen molar-refractivity contribution >= 4 is 5.96 Å². The maximum absolute atomic E-state index is 5.18. The highest BCUT2D eigenvalue weighted by molar-refractivity contribution is 5.81. The second-order valence-electron chi connectivity index (χ2n) is 8.65. The van der Waals surface area contributed by atoms with Crippen molar-refractivity contribution in [3.63, 3.8) is 0 Å². The third kappa shape index (κ3) is 4.81. The molecule has 6 nitrogen and oxygen atoms in total. The zero-order valence-electron chi connectivity index (χ0n) is 18.1. The molecule has 2 aliphatic rings. The monoisotopic (exact) mass is 395 g/mol. The molecule has 4 rings (SSSR count). The Kier molecular flexibility index (Phi) is 5.90. The number of hydrogen-bond acceptors (Lipinski definition) is 4. The number of nitrogens with zero attached hydrogens (tertiary/aromatic N) is 4. The highest BCUT2D eigenvalue weighted by atomic mass is 16.5. The van der Waals surface area contributed by atoms with E-state index in [1.807, 2.05) is 20.0 Å². The van der Waals surface area contributed by atoms with E-state index in [-0.39, 0.29) is 0 Å². The molecule has 1 aromatic heterocycles. The van der Waals surface area contributed by atoms with Crippen LogP contribution in [0.15, 0.2) is 39.8 Å². The smallest absolute Gasteiger partial charge is 0.193 e. The number of hydrogen-bond donors (Lipinski definition) is 1. The molecule has 1 aromatic carbocycles. The summed E-state index contributed by atoms with van der Waals surface area (Å²) < 4.78 is 5.18. The molecular formula is C23H33N5O. The fraction of sp³-hybridized carbons (Fsp3) is 0.565. The number of piperazine rings is 1. The third-order valence-electron chi connectivity index (χ3n) is 6.08. The molecule has 1 N–H and O–H groups in total. The zero-order valence-corrected chi connectivity index (χ0v) is 18.1. The normalized spacial score (nSPS) is 22.9. The molecule has 6 heteroatoms. The van der Waals surface area contributed by atoms with E-state index in [2.05, 4.69) is 63.4 Å². The fourth-order valence-electron chi connectivity index (χ4n) is 4.15. The molecule has 2 aromatic rings. The fourth-order valence-corrected chi connectivity index (χ4v) is 4.15. The van der Waals surface area contributed by atoms with Gasteiger partial charge in [-0.3, -0.25) is 9.89 Å². The number of nitrogens with one attached hydrogen (secondary N) is 1. The number of aryl methyl sites for hydroxylation is 1. The molecular weight excluding hydrogens is 362 g/mol. The van der Waals surface area contributed by atoms with Crippen molar-refractivity contribution in [3.05, 3.63) is 52.9 Å². The maximum Gasteiger partial charge on any atom is 0.193 e. The van der Waals surface area contributed by atoms with Crippen molar-refractivity contribution in [2.75, 3.05) is 33.2 Å². The lowest BCUT2D eigenvalue weighted by molar-refractivity contribution is 0.169. The van der Waals surface area contributed by atoms with Crippen LogP contribution in [0.3, 0.4) is 0 Å². The van der Waals surface area contributed by atoms with Crippen LogP contribution >= 0.6 is 0 Å². The predicted molar refractivity (Wildman–Crippen MR) is 116 cm³/mol. The summed E-state index contributed by atoms with van der Waals surface area (Å²) in [6, 6.07) is 11.7. The van der Waals surface area contributed by atoms with Gasteiger partial charge in [-0.15, -0.1) is 0 Å². The minimum Gasteiger partial charge on any atom is -0.361 e. The quantitative estimate of drug-likeness (QED) is 0.621. The summed E-state index contributed by atoms with van der Waals surface area (Å²) in [5.41, 5.74) is 3.87. The van der Waals surface area contributed by atoms with E-state index in [0.717, 1.165) is 50.1 Å². The summed E-state index contributed by atoms with van der Waals surface area (Å²) in [6.07, 6.45) is 1.19. The van der Waals surface area contributed by atoms with Crippen molar-refractivity contribution in [1.82, 2.24) is 20.3 Å². The zero-order chi connectivity index (χ0) is 20.4.